The summed E-state index contributed by atoms with van der Waals surface area (Å²) < 4.78 is 4.66. The highest BCUT2D eigenvalue weighted by Crippen LogP contribution is 2.47. The summed E-state index contributed by atoms with van der Waals surface area (Å²) in [5.74, 6) is -0.705. The number of fused-ring (bicyclic) bond motifs is 1. The maximum Gasteiger partial charge on any atom is 0.341 e. The van der Waals surface area contributed by atoms with Crippen LogP contribution in [0.4, 0.5) is 0 Å². The van der Waals surface area contributed by atoms with Gasteiger partial charge >= 0.3 is 5.97 Å². The lowest BCUT2D eigenvalue weighted by Crippen LogP contribution is -2.25. The van der Waals surface area contributed by atoms with Crippen LogP contribution in [0.1, 0.15) is 26.2 Å². The van der Waals surface area contributed by atoms with Crippen molar-refractivity contribution in [3.05, 3.63) is 23.3 Å². The Labute approximate surface area is 88.8 Å². The average molecular weight is 206 g/mol. The van der Waals surface area contributed by atoms with Crippen molar-refractivity contribution in [2.75, 3.05) is 7.11 Å². The molecule has 0 unspecified atom stereocenters. The van der Waals surface area contributed by atoms with Crippen molar-refractivity contribution >= 4 is 11.8 Å². The Bertz CT molecular complexity index is 390. The lowest BCUT2D eigenvalue weighted by molar-refractivity contribution is -0.137. The first-order valence-electron chi connectivity index (χ1n) is 5.14. The monoisotopic (exact) mass is 206 g/mol. The lowest BCUT2D eigenvalue weighted by atomic mass is 9.77. The number of rotatable bonds is 1. The first-order chi connectivity index (χ1) is 7.08. The second kappa shape index (κ2) is 3.33. The number of ketones is 1. The van der Waals surface area contributed by atoms with E-state index >= 15 is 0 Å². The van der Waals surface area contributed by atoms with Crippen molar-refractivity contribution < 1.29 is 14.3 Å². The molecule has 0 saturated heterocycles. The molecule has 2 aliphatic carbocycles. The van der Waals surface area contributed by atoms with Crippen molar-refractivity contribution in [3.63, 3.8) is 0 Å². The molecular weight excluding hydrogens is 192 g/mol. The minimum absolute atomic E-state index is 0.0998. The van der Waals surface area contributed by atoms with Gasteiger partial charge in [0.2, 0.25) is 0 Å². The molecule has 1 atom stereocenters. The van der Waals surface area contributed by atoms with Crippen LogP contribution < -0.4 is 0 Å². The highest BCUT2D eigenvalue weighted by atomic mass is 16.5. The maximum absolute atomic E-state index is 11.6. The molecule has 15 heavy (non-hydrogen) atoms. The second-order valence-corrected chi connectivity index (χ2v) is 4.31. The van der Waals surface area contributed by atoms with Crippen LogP contribution in [0.3, 0.4) is 0 Å². The third-order valence-electron chi connectivity index (χ3n) is 3.35. The van der Waals surface area contributed by atoms with Crippen molar-refractivity contribution in [1.29, 1.82) is 0 Å². The van der Waals surface area contributed by atoms with E-state index in [-0.39, 0.29) is 16.8 Å². The Morgan fingerprint density at radius 2 is 2.27 bits per heavy atom. The summed E-state index contributed by atoms with van der Waals surface area (Å²) in [5, 5.41) is 0. The minimum atomic E-state index is -0.493. The van der Waals surface area contributed by atoms with Gasteiger partial charge in [0.05, 0.1) is 7.11 Å². The Morgan fingerprint density at radius 3 is 2.93 bits per heavy atom. The van der Waals surface area contributed by atoms with Crippen LogP contribution in [0.5, 0.6) is 0 Å². The van der Waals surface area contributed by atoms with E-state index in [0.717, 1.165) is 24.8 Å². The summed E-state index contributed by atoms with van der Waals surface area (Å²) in [5.41, 5.74) is 1.12. The third-order valence-corrected chi connectivity index (χ3v) is 3.35. The van der Waals surface area contributed by atoms with Crippen LogP contribution >= 0.6 is 0 Å². The largest absolute Gasteiger partial charge is 0.465 e. The summed E-state index contributed by atoms with van der Waals surface area (Å²) in [6.07, 6.45) is 6.29. The predicted molar refractivity (Wildman–Crippen MR) is 55.1 cm³/mol. The molecule has 2 aliphatic rings. The summed E-state index contributed by atoms with van der Waals surface area (Å²) in [4.78, 5) is 23.2. The van der Waals surface area contributed by atoms with Gasteiger partial charge in [-0.2, -0.15) is 0 Å². The number of allylic oxidation sites excluding steroid dienone is 3. The van der Waals surface area contributed by atoms with Gasteiger partial charge in [0, 0.05) is 5.41 Å². The topological polar surface area (TPSA) is 43.4 Å². The van der Waals surface area contributed by atoms with Crippen molar-refractivity contribution in [2.24, 2.45) is 5.41 Å². The number of methoxy groups -OCH3 is 1. The number of esters is 1. The molecule has 0 spiro atoms. The van der Waals surface area contributed by atoms with E-state index in [1.54, 1.807) is 0 Å². The van der Waals surface area contributed by atoms with Crippen LogP contribution in [0.2, 0.25) is 0 Å². The van der Waals surface area contributed by atoms with Crippen LogP contribution in [-0.4, -0.2) is 18.9 Å². The van der Waals surface area contributed by atoms with E-state index in [4.69, 9.17) is 0 Å². The van der Waals surface area contributed by atoms with Crippen molar-refractivity contribution in [1.82, 2.24) is 0 Å². The van der Waals surface area contributed by atoms with Gasteiger partial charge in [-0.15, -0.1) is 0 Å². The molecule has 0 radical (unpaired) electrons. The molecule has 1 saturated carbocycles. The SMILES string of the molecule is COC(=O)C1=C2CCC[C@]2(C)C=CC1=O. The maximum atomic E-state index is 11.6. The second-order valence-electron chi connectivity index (χ2n) is 4.31. The van der Waals surface area contributed by atoms with Gasteiger partial charge in [-0.3, -0.25) is 4.79 Å². The normalized spacial score (nSPS) is 29.3. The molecule has 0 aromatic carbocycles. The highest BCUT2D eigenvalue weighted by Gasteiger charge is 2.40. The van der Waals surface area contributed by atoms with Gasteiger partial charge in [-0.1, -0.05) is 13.0 Å². The van der Waals surface area contributed by atoms with Crippen LogP contribution in [0.25, 0.3) is 0 Å². The van der Waals surface area contributed by atoms with Gasteiger partial charge in [0.1, 0.15) is 5.57 Å². The average Bonchev–Trinajstić information content (AvgIpc) is 2.59. The van der Waals surface area contributed by atoms with Gasteiger partial charge in [0.15, 0.2) is 5.78 Å². The molecule has 3 nitrogen and oxygen atoms in total. The van der Waals surface area contributed by atoms with Crippen molar-refractivity contribution in [3.8, 4) is 0 Å². The number of hydrogen-bond donors (Lipinski definition) is 0. The van der Waals surface area contributed by atoms with Crippen LogP contribution in [0, 0.1) is 5.41 Å². The number of ether oxygens (including phenoxy) is 1. The molecule has 0 N–H and O–H groups in total. The molecular formula is C12H14O3. The molecule has 3 heteroatoms. The predicted octanol–water partition coefficient (Wildman–Crippen LogP) is 1.79. The minimum Gasteiger partial charge on any atom is -0.465 e. The fourth-order valence-electron chi connectivity index (χ4n) is 2.48. The number of hydrogen-bond acceptors (Lipinski definition) is 3. The third kappa shape index (κ3) is 1.42. The quantitative estimate of drug-likeness (QED) is 0.485. The molecule has 80 valence electrons. The Hall–Kier alpha value is -1.38. The Balaban J connectivity index is 2.52. The van der Waals surface area contributed by atoms with Gasteiger partial charge in [-0.05, 0) is 30.9 Å². The Kier molecular flexibility index (Phi) is 2.25. The lowest BCUT2D eigenvalue weighted by Gasteiger charge is -2.26. The Morgan fingerprint density at radius 1 is 1.53 bits per heavy atom. The fourth-order valence-corrected chi connectivity index (χ4v) is 2.48. The molecule has 0 amide bonds. The summed E-state index contributed by atoms with van der Waals surface area (Å²) in [7, 11) is 1.31. The molecule has 0 aromatic heterocycles. The summed E-state index contributed by atoms with van der Waals surface area (Å²) >= 11 is 0. The zero-order valence-electron chi connectivity index (χ0n) is 9.00. The van der Waals surface area contributed by atoms with E-state index in [9.17, 15) is 9.59 Å². The van der Waals surface area contributed by atoms with Crippen LogP contribution in [-0.2, 0) is 14.3 Å². The van der Waals surface area contributed by atoms with E-state index < -0.39 is 5.97 Å². The van der Waals surface area contributed by atoms with Gasteiger partial charge in [0.25, 0.3) is 0 Å². The standard InChI is InChI=1S/C12H14O3/c1-12-6-3-4-8(12)10(11(14)15-2)9(13)5-7-12/h5,7H,3-4,6H2,1-2H3/t12-/m1/s1. The van der Waals surface area contributed by atoms with E-state index in [2.05, 4.69) is 11.7 Å². The number of carbonyl (C=O) groups is 2. The zero-order chi connectivity index (χ0) is 11.1. The molecule has 0 aliphatic heterocycles. The first-order valence-corrected chi connectivity index (χ1v) is 5.14. The molecule has 2 rings (SSSR count). The van der Waals surface area contributed by atoms with Crippen LogP contribution in [0.15, 0.2) is 23.3 Å². The first kappa shape index (κ1) is 10.1. The van der Waals surface area contributed by atoms with E-state index in [1.807, 2.05) is 6.08 Å². The fraction of sp³-hybridized carbons (Fsp3) is 0.500. The summed E-state index contributed by atoms with van der Waals surface area (Å²) in [6, 6.07) is 0. The molecule has 0 bridgehead atoms. The van der Waals surface area contributed by atoms with Crippen molar-refractivity contribution in [2.45, 2.75) is 26.2 Å². The summed E-state index contributed by atoms with van der Waals surface area (Å²) in [6.45, 7) is 2.07. The smallest absolute Gasteiger partial charge is 0.341 e. The van der Waals surface area contributed by atoms with Gasteiger partial charge < -0.3 is 4.74 Å². The molecule has 0 heterocycles. The van der Waals surface area contributed by atoms with Gasteiger partial charge in [-0.25, -0.2) is 4.79 Å². The zero-order valence-corrected chi connectivity index (χ0v) is 9.00. The van der Waals surface area contributed by atoms with E-state index in [1.165, 1.54) is 13.2 Å². The number of carbonyl (C=O) groups excluding carboxylic acids is 2. The molecule has 0 aromatic rings. The highest BCUT2D eigenvalue weighted by molar-refractivity contribution is 6.23. The van der Waals surface area contributed by atoms with E-state index in [0.29, 0.717) is 0 Å². The molecule has 1 fully saturated rings.